The van der Waals surface area contributed by atoms with Crippen molar-refractivity contribution in [2.45, 2.75) is 32.2 Å². The SMILES string of the molecule is CCC(N)C(C)c1ncccc1Br. The normalized spacial score (nSPS) is 15.4. The van der Waals surface area contributed by atoms with Gasteiger partial charge < -0.3 is 5.73 Å². The topological polar surface area (TPSA) is 38.9 Å². The van der Waals surface area contributed by atoms with Crippen LogP contribution >= 0.6 is 15.9 Å². The maximum atomic E-state index is 5.96. The van der Waals surface area contributed by atoms with Gasteiger partial charge in [0.2, 0.25) is 0 Å². The molecule has 1 aromatic rings. The molecule has 1 heterocycles. The van der Waals surface area contributed by atoms with E-state index in [4.69, 9.17) is 5.73 Å². The highest BCUT2D eigenvalue weighted by Gasteiger charge is 2.16. The van der Waals surface area contributed by atoms with Crippen LogP contribution in [0.5, 0.6) is 0 Å². The molecule has 13 heavy (non-hydrogen) atoms. The zero-order valence-corrected chi connectivity index (χ0v) is 9.58. The Bertz CT molecular complexity index is 275. The number of rotatable bonds is 3. The summed E-state index contributed by atoms with van der Waals surface area (Å²) in [5.41, 5.74) is 7.01. The van der Waals surface area contributed by atoms with E-state index in [1.807, 2.05) is 12.1 Å². The monoisotopic (exact) mass is 242 g/mol. The molecule has 0 aliphatic heterocycles. The van der Waals surface area contributed by atoms with E-state index in [1.165, 1.54) is 0 Å². The zero-order valence-electron chi connectivity index (χ0n) is 8.00. The summed E-state index contributed by atoms with van der Waals surface area (Å²) < 4.78 is 1.05. The van der Waals surface area contributed by atoms with Crippen LogP contribution in [-0.2, 0) is 0 Å². The van der Waals surface area contributed by atoms with Crippen molar-refractivity contribution in [1.82, 2.24) is 4.98 Å². The summed E-state index contributed by atoms with van der Waals surface area (Å²) in [6, 6.07) is 4.10. The average molecular weight is 243 g/mol. The predicted molar refractivity (Wildman–Crippen MR) is 58.6 cm³/mol. The van der Waals surface area contributed by atoms with Crippen molar-refractivity contribution in [3.8, 4) is 0 Å². The highest BCUT2D eigenvalue weighted by molar-refractivity contribution is 9.10. The fourth-order valence-corrected chi connectivity index (χ4v) is 1.91. The van der Waals surface area contributed by atoms with E-state index in [1.54, 1.807) is 6.20 Å². The van der Waals surface area contributed by atoms with Crippen LogP contribution in [-0.4, -0.2) is 11.0 Å². The van der Waals surface area contributed by atoms with Crippen LogP contribution < -0.4 is 5.73 Å². The van der Waals surface area contributed by atoms with Crippen molar-refractivity contribution in [2.75, 3.05) is 0 Å². The Hall–Kier alpha value is -0.410. The van der Waals surface area contributed by atoms with Gasteiger partial charge in [-0.3, -0.25) is 4.98 Å². The van der Waals surface area contributed by atoms with Crippen LogP contribution in [0.15, 0.2) is 22.8 Å². The molecule has 0 spiro atoms. The number of aromatic nitrogens is 1. The highest BCUT2D eigenvalue weighted by atomic mass is 79.9. The van der Waals surface area contributed by atoms with Gasteiger partial charge in [0, 0.05) is 22.6 Å². The lowest BCUT2D eigenvalue weighted by molar-refractivity contribution is 0.539. The Kier molecular flexibility index (Phi) is 3.88. The minimum atomic E-state index is 0.186. The number of nitrogens with zero attached hydrogens (tertiary/aromatic N) is 1. The Balaban J connectivity index is 2.88. The summed E-state index contributed by atoms with van der Waals surface area (Å²) in [5.74, 6) is 0.306. The number of pyridine rings is 1. The van der Waals surface area contributed by atoms with E-state index < -0.39 is 0 Å². The second-order valence-electron chi connectivity index (χ2n) is 3.23. The third-order valence-electron chi connectivity index (χ3n) is 2.33. The lowest BCUT2D eigenvalue weighted by atomic mass is 9.96. The molecule has 0 aliphatic rings. The smallest absolute Gasteiger partial charge is 0.0588 e. The van der Waals surface area contributed by atoms with Crippen molar-refractivity contribution in [1.29, 1.82) is 0 Å². The highest BCUT2D eigenvalue weighted by Crippen LogP contribution is 2.24. The third-order valence-corrected chi connectivity index (χ3v) is 3.00. The van der Waals surface area contributed by atoms with E-state index in [9.17, 15) is 0 Å². The van der Waals surface area contributed by atoms with Gasteiger partial charge in [-0.05, 0) is 34.5 Å². The first-order valence-corrected chi connectivity index (χ1v) is 5.32. The van der Waals surface area contributed by atoms with Gasteiger partial charge in [-0.15, -0.1) is 0 Å². The van der Waals surface area contributed by atoms with Gasteiger partial charge in [0.05, 0.1) is 5.69 Å². The number of hydrogen-bond acceptors (Lipinski definition) is 2. The summed E-state index contributed by atoms with van der Waals surface area (Å²) in [6.45, 7) is 4.21. The lowest BCUT2D eigenvalue weighted by Crippen LogP contribution is -2.26. The minimum absolute atomic E-state index is 0.186. The molecule has 0 saturated carbocycles. The second kappa shape index (κ2) is 4.72. The molecule has 0 saturated heterocycles. The fourth-order valence-electron chi connectivity index (χ4n) is 1.29. The van der Waals surface area contributed by atoms with Crippen LogP contribution in [0.25, 0.3) is 0 Å². The fraction of sp³-hybridized carbons (Fsp3) is 0.500. The predicted octanol–water partition coefficient (Wildman–Crippen LogP) is 2.68. The first kappa shape index (κ1) is 10.7. The van der Waals surface area contributed by atoms with E-state index in [-0.39, 0.29) is 6.04 Å². The molecule has 0 aliphatic carbocycles. The zero-order chi connectivity index (χ0) is 9.84. The largest absolute Gasteiger partial charge is 0.327 e. The second-order valence-corrected chi connectivity index (χ2v) is 4.09. The molecule has 1 rings (SSSR count). The van der Waals surface area contributed by atoms with Crippen LogP contribution in [0.4, 0.5) is 0 Å². The van der Waals surface area contributed by atoms with Gasteiger partial charge in [0.25, 0.3) is 0 Å². The van der Waals surface area contributed by atoms with E-state index >= 15 is 0 Å². The summed E-state index contributed by atoms with van der Waals surface area (Å²) in [4.78, 5) is 4.32. The molecule has 72 valence electrons. The van der Waals surface area contributed by atoms with Gasteiger partial charge in [-0.1, -0.05) is 13.8 Å². The maximum absolute atomic E-state index is 5.96. The molecule has 0 fully saturated rings. The standard InChI is InChI=1S/C10H15BrN2/c1-3-9(12)7(2)10-8(11)5-4-6-13-10/h4-7,9H,3,12H2,1-2H3. The molecule has 0 radical (unpaired) electrons. The molecule has 2 nitrogen and oxygen atoms in total. The molecular formula is C10H15BrN2. The summed E-state index contributed by atoms with van der Waals surface area (Å²) >= 11 is 3.48. The Labute approximate surface area is 87.7 Å². The van der Waals surface area contributed by atoms with Crippen molar-refractivity contribution in [2.24, 2.45) is 5.73 Å². The molecule has 3 heteroatoms. The quantitative estimate of drug-likeness (QED) is 0.886. The Morgan fingerprint density at radius 1 is 1.62 bits per heavy atom. The molecule has 0 amide bonds. The Morgan fingerprint density at radius 3 is 2.85 bits per heavy atom. The van der Waals surface area contributed by atoms with Gasteiger partial charge in [-0.25, -0.2) is 0 Å². The van der Waals surface area contributed by atoms with Crippen LogP contribution in [0.1, 0.15) is 31.9 Å². The molecule has 2 atom stereocenters. The van der Waals surface area contributed by atoms with Gasteiger partial charge in [0.15, 0.2) is 0 Å². The number of hydrogen-bond donors (Lipinski definition) is 1. The molecule has 2 unspecified atom stereocenters. The van der Waals surface area contributed by atoms with E-state index in [2.05, 4.69) is 34.8 Å². The van der Waals surface area contributed by atoms with Crippen LogP contribution in [0, 0.1) is 0 Å². The molecule has 0 aromatic carbocycles. The van der Waals surface area contributed by atoms with E-state index in [0.717, 1.165) is 16.6 Å². The van der Waals surface area contributed by atoms with Crippen LogP contribution in [0.3, 0.4) is 0 Å². The first-order valence-electron chi connectivity index (χ1n) is 4.52. The van der Waals surface area contributed by atoms with E-state index in [0.29, 0.717) is 5.92 Å². The summed E-state index contributed by atoms with van der Waals surface area (Å²) in [6.07, 6.45) is 2.78. The van der Waals surface area contributed by atoms with Gasteiger partial charge in [0.1, 0.15) is 0 Å². The van der Waals surface area contributed by atoms with Crippen molar-refractivity contribution in [3.63, 3.8) is 0 Å². The number of nitrogens with two attached hydrogens (primary N) is 1. The first-order chi connectivity index (χ1) is 6.16. The van der Waals surface area contributed by atoms with Crippen LogP contribution in [0.2, 0.25) is 0 Å². The van der Waals surface area contributed by atoms with Crippen molar-refractivity contribution < 1.29 is 0 Å². The molecule has 0 bridgehead atoms. The molecule has 1 aromatic heterocycles. The summed E-state index contributed by atoms with van der Waals surface area (Å²) in [5, 5.41) is 0. The minimum Gasteiger partial charge on any atom is -0.327 e. The number of halogens is 1. The van der Waals surface area contributed by atoms with Crippen molar-refractivity contribution in [3.05, 3.63) is 28.5 Å². The molecule has 2 N–H and O–H groups in total. The summed E-state index contributed by atoms with van der Waals surface area (Å²) in [7, 11) is 0. The van der Waals surface area contributed by atoms with Gasteiger partial charge >= 0.3 is 0 Å². The van der Waals surface area contributed by atoms with Gasteiger partial charge in [-0.2, -0.15) is 0 Å². The lowest BCUT2D eigenvalue weighted by Gasteiger charge is -2.18. The third kappa shape index (κ3) is 2.51. The maximum Gasteiger partial charge on any atom is 0.0588 e. The Morgan fingerprint density at radius 2 is 2.31 bits per heavy atom. The average Bonchev–Trinajstić information content (AvgIpc) is 2.16. The molecular weight excluding hydrogens is 228 g/mol. The van der Waals surface area contributed by atoms with Crippen molar-refractivity contribution >= 4 is 15.9 Å².